The van der Waals surface area contributed by atoms with Gasteiger partial charge in [0, 0.05) is 16.7 Å². The van der Waals surface area contributed by atoms with Gasteiger partial charge in [0.05, 0.1) is 12.0 Å². The van der Waals surface area contributed by atoms with Crippen LogP contribution in [0.2, 0.25) is 0 Å². The molecular formula is C7H6ClNO4S. The molecular weight excluding hydrogens is 230 g/mol. The van der Waals surface area contributed by atoms with Crippen LogP contribution in [0, 0.1) is 0 Å². The fourth-order valence-electron chi connectivity index (χ4n) is 0.807. The summed E-state index contributed by atoms with van der Waals surface area (Å²) in [7, 11) is 2.52. The van der Waals surface area contributed by atoms with Gasteiger partial charge in [-0.25, -0.2) is 13.4 Å². The topological polar surface area (TPSA) is 73.3 Å². The molecule has 0 spiro atoms. The third kappa shape index (κ3) is 2.43. The van der Waals surface area contributed by atoms with Gasteiger partial charge in [-0.1, -0.05) is 0 Å². The molecule has 0 radical (unpaired) electrons. The standard InChI is InChI=1S/C7H6ClNO4S/c1-13-7-3-6(14(8,11)12)2-5(4-10)9-7/h2-4H,1H3. The minimum absolute atomic E-state index is 0.0221. The molecule has 76 valence electrons. The number of hydrogen-bond acceptors (Lipinski definition) is 5. The van der Waals surface area contributed by atoms with Crippen LogP contribution in [0.15, 0.2) is 17.0 Å². The van der Waals surface area contributed by atoms with Gasteiger partial charge >= 0.3 is 0 Å². The van der Waals surface area contributed by atoms with Gasteiger partial charge in [-0.2, -0.15) is 0 Å². The van der Waals surface area contributed by atoms with E-state index in [-0.39, 0.29) is 16.5 Å². The third-order valence-electron chi connectivity index (χ3n) is 1.41. The monoisotopic (exact) mass is 235 g/mol. The number of halogens is 1. The van der Waals surface area contributed by atoms with Crippen LogP contribution in [-0.4, -0.2) is 26.8 Å². The molecule has 0 amide bonds. The van der Waals surface area contributed by atoms with Crippen molar-refractivity contribution >= 4 is 26.0 Å². The molecule has 1 aromatic heterocycles. The van der Waals surface area contributed by atoms with E-state index in [0.717, 1.165) is 12.1 Å². The average molecular weight is 236 g/mol. The number of aldehydes is 1. The van der Waals surface area contributed by atoms with Gasteiger partial charge in [0.25, 0.3) is 9.05 Å². The van der Waals surface area contributed by atoms with E-state index in [1.165, 1.54) is 7.11 Å². The molecule has 0 aromatic carbocycles. The van der Waals surface area contributed by atoms with Gasteiger partial charge in [-0.05, 0) is 6.07 Å². The molecule has 0 bridgehead atoms. The Kier molecular flexibility index (Phi) is 3.07. The third-order valence-corrected chi connectivity index (χ3v) is 2.74. The highest BCUT2D eigenvalue weighted by Gasteiger charge is 2.13. The molecule has 7 heteroatoms. The summed E-state index contributed by atoms with van der Waals surface area (Å²) in [5.74, 6) is 0.0221. The van der Waals surface area contributed by atoms with Gasteiger partial charge in [0.1, 0.15) is 5.69 Å². The van der Waals surface area contributed by atoms with Crippen molar-refractivity contribution in [3.63, 3.8) is 0 Å². The van der Waals surface area contributed by atoms with E-state index in [1.807, 2.05) is 0 Å². The summed E-state index contributed by atoms with van der Waals surface area (Å²) >= 11 is 0. The van der Waals surface area contributed by atoms with Crippen molar-refractivity contribution in [2.24, 2.45) is 0 Å². The smallest absolute Gasteiger partial charge is 0.261 e. The first-order chi connectivity index (χ1) is 6.47. The predicted octanol–water partition coefficient (Wildman–Crippen LogP) is 0.830. The highest BCUT2D eigenvalue weighted by molar-refractivity contribution is 8.13. The van der Waals surface area contributed by atoms with Crippen molar-refractivity contribution in [1.82, 2.24) is 4.98 Å². The van der Waals surface area contributed by atoms with Gasteiger partial charge in [-0.15, -0.1) is 0 Å². The minimum atomic E-state index is -3.87. The van der Waals surface area contributed by atoms with Crippen LogP contribution in [0.4, 0.5) is 0 Å². The summed E-state index contributed by atoms with van der Waals surface area (Å²) in [6, 6.07) is 2.20. The van der Waals surface area contributed by atoms with Gasteiger partial charge in [-0.3, -0.25) is 4.79 Å². The quantitative estimate of drug-likeness (QED) is 0.573. The lowest BCUT2D eigenvalue weighted by atomic mass is 10.4. The van der Waals surface area contributed by atoms with E-state index in [9.17, 15) is 13.2 Å². The summed E-state index contributed by atoms with van der Waals surface area (Å²) in [5.41, 5.74) is -0.0522. The molecule has 1 aromatic rings. The zero-order valence-electron chi connectivity index (χ0n) is 7.10. The van der Waals surface area contributed by atoms with Crippen molar-refractivity contribution in [2.45, 2.75) is 4.90 Å². The highest BCUT2D eigenvalue weighted by atomic mass is 35.7. The number of carbonyl (C=O) groups is 1. The van der Waals surface area contributed by atoms with Gasteiger partial charge in [0.2, 0.25) is 5.88 Å². The molecule has 0 saturated heterocycles. The molecule has 0 aliphatic carbocycles. The van der Waals surface area contributed by atoms with E-state index in [2.05, 4.69) is 4.98 Å². The maximum absolute atomic E-state index is 10.9. The number of nitrogens with zero attached hydrogens (tertiary/aromatic N) is 1. The Morgan fingerprint density at radius 1 is 1.50 bits per heavy atom. The Morgan fingerprint density at radius 3 is 2.57 bits per heavy atom. The molecule has 0 atom stereocenters. The molecule has 0 aliphatic heterocycles. The first kappa shape index (κ1) is 10.9. The summed E-state index contributed by atoms with van der Waals surface area (Å²) in [4.78, 5) is 13.9. The first-order valence-corrected chi connectivity index (χ1v) is 5.74. The molecule has 1 rings (SSSR count). The number of carbonyl (C=O) groups excluding carboxylic acids is 1. The molecule has 0 N–H and O–H groups in total. The fourth-order valence-corrected chi connectivity index (χ4v) is 1.58. The lowest BCUT2D eigenvalue weighted by Crippen LogP contribution is -1.98. The lowest BCUT2D eigenvalue weighted by molar-refractivity contribution is 0.111. The number of ether oxygens (including phenoxy) is 1. The second kappa shape index (κ2) is 3.93. The molecule has 0 unspecified atom stereocenters. The molecule has 5 nitrogen and oxygen atoms in total. The highest BCUT2D eigenvalue weighted by Crippen LogP contribution is 2.19. The van der Waals surface area contributed by atoms with Crippen LogP contribution in [0.3, 0.4) is 0 Å². The number of methoxy groups -OCH3 is 1. The molecule has 1 heterocycles. The van der Waals surface area contributed by atoms with Crippen molar-refractivity contribution in [3.05, 3.63) is 17.8 Å². The zero-order valence-corrected chi connectivity index (χ0v) is 8.67. The molecule has 0 fully saturated rings. The minimum Gasteiger partial charge on any atom is -0.481 e. The van der Waals surface area contributed by atoms with Gasteiger partial charge in [0.15, 0.2) is 6.29 Å². The van der Waals surface area contributed by atoms with Crippen molar-refractivity contribution < 1.29 is 17.9 Å². The lowest BCUT2D eigenvalue weighted by Gasteiger charge is -2.01. The number of rotatable bonds is 3. The maximum atomic E-state index is 10.9. The molecule has 14 heavy (non-hydrogen) atoms. The van der Waals surface area contributed by atoms with E-state index < -0.39 is 9.05 Å². The van der Waals surface area contributed by atoms with Crippen molar-refractivity contribution in [1.29, 1.82) is 0 Å². The second-order valence-electron chi connectivity index (χ2n) is 2.33. The van der Waals surface area contributed by atoms with E-state index in [4.69, 9.17) is 15.4 Å². The normalized spacial score (nSPS) is 11.0. The van der Waals surface area contributed by atoms with Crippen LogP contribution < -0.4 is 4.74 Å². The molecule has 0 saturated carbocycles. The number of pyridine rings is 1. The first-order valence-electron chi connectivity index (χ1n) is 3.43. The average Bonchev–Trinajstić information content (AvgIpc) is 2.15. The Labute approximate surface area is 85.1 Å². The van der Waals surface area contributed by atoms with Crippen molar-refractivity contribution in [3.8, 4) is 5.88 Å². The van der Waals surface area contributed by atoms with E-state index >= 15 is 0 Å². The Hall–Kier alpha value is -1.14. The van der Waals surface area contributed by atoms with Gasteiger partial charge < -0.3 is 4.74 Å². The van der Waals surface area contributed by atoms with Crippen LogP contribution in [0.1, 0.15) is 10.5 Å². The summed E-state index contributed by atoms with van der Waals surface area (Å²) < 4.78 is 26.6. The van der Waals surface area contributed by atoms with Crippen LogP contribution >= 0.6 is 10.7 Å². The molecule has 0 aliphatic rings. The van der Waals surface area contributed by atoms with E-state index in [0.29, 0.717) is 6.29 Å². The SMILES string of the molecule is COc1cc(S(=O)(=O)Cl)cc(C=O)n1. The zero-order chi connectivity index (χ0) is 10.8. The summed E-state index contributed by atoms with van der Waals surface area (Å²) in [5, 5.41) is 0. The maximum Gasteiger partial charge on any atom is 0.261 e. The summed E-state index contributed by atoms with van der Waals surface area (Å²) in [6.45, 7) is 0. The second-order valence-corrected chi connectivity index (χ2v) is 4.89. The summed E-state index contributed by atoms with van der Waals surface area (Å²) in [6.07, 6.45) is 0.411. The fraction of sp³-hybridized carbons (Fsp3) is 0.143. The van der Waals surface area contributed by atoms with Crippen LogP contribution in [0.25, 0.3) is 0 Å². The Bertz CT molecular complexity index is 457. The van der Waals surface area contributed by atoms with Crippen molar-refractivity contribution in [2.75, 3.05) is 7.11 Å². The van der Waals surface area contributed by atoms with Crippen LogP contribution in [0.5, 0.6) is 5.88 Å². The Balaban J connectivity index is 3.39. The van der Waals surface area contributed by atoms with Crippen LogP contribution in [-0.2, 0) is 9.05 Å². The van der Waals surface area contributed by atoms with E-state index in [1.54, 1.807) is 0 Å². The predicted molar refractivity (Wildman–Crippen MR) is 49.2 cm³/mol. The Morgan fingerprint density at radius 2 is 2.14 bits per heavy atom. The largest absolute Gasteiger partial charge is 0.481 e. The number of hydrogen-bond donors (Lipinski definition) is 0. The number of aromatic nitrogens is 1.